The Morgan fingerprint density at radius 2 is 1.52 bits per heavy atom. The molecule has 0 N–H and O–H groups in total. The summed E-state index contributed by atoms with van der Waals surface area (Å²) in [5.74, 6) is 0. The third kappa shape index (κ3) is 8.71. The summed E-state index contributed by atoms with van der Waals surface area (Å²) in [4.78, 5) is 0. The molecule has 25 heavy (non-hydrogen) atoms. The Morgan fingerprint density at radius 3 is 2.16 bits per heavy atom. The number of imidazole rings is 1. The molecule has 0 saturated carbocycles. The van der Waals surface area contributed by atoms with Gasteiger partial charge in [0.05, 0.1) is 6.54 Å². The Balaban J connectivity index is 0.00000312. The molecule has 0 fully saturated rings. The average molecular weight is 407 g/mol. The van der Waals surface area contributed by atoms with Crippen molar-refractivity contribution in [1.82, 2.24) is 4.57 Å². The third-order valence-corrected chi connectivity index (χ3v) is 4.76. The van der Waals surface area contributed by atoms with Gasteiger partial charge in [-0.25, -0.2) is 9.13 Å². The van der Waals surface area contributed by atoms with E-state index in [0.29, 0.717) is 0 Å². The fourth-order valence-electron chi connectivity index (χ4n) is 3.25. The van der Waals surface area contributed by atoms with Crippen LogP contribution in [0.25, 0.3) is 5.69 Å². The molecule has 0 atom stereocenters. The summed E-state index contributed by atoms with van der Waals surface area (Å²) < 4.78 is 4.52. The maximum Gasteiger partial charge on any atom is 0.248 e. The summed E-state index contributed by atoms with van der Waals surface area (Å²) in [5, 5.41) is 0. The SMILES string of the molecule is CCCCCCCCCCCC[n+]1ccn(-c2cccc(C)c2)c1.[Br-]. The number of rotatable bonds is 12. The van der Waals surface area contributed by atoms with Crippen molar-refractivity contribution in [3.63, 3.8) is 0 Å². The van der Waals surface area contributed by atoms with Crippen LogP contribution in [0.2, 0.25) is 0 Å². The first-order chi connectivity index (χ1) is 11.8. The molecule has 0 saturated heterocycles. The first kappa shape index (κ1) is 22.0. The largest absolute Gasteiger partial charge is 1.00 e. The molecule has 0 aliphatic heterocycles. The van der Waals surface area contributed by atoms with E-state index in [1.165, 1.54) is 75.5 Å². The van der Waals surface area contributed by atoms with Crippen LogP contribution >= 0.6 is 0 Å². The second kappa shape index (κ2) is 13.2. The highest BCUT2D eigenvalue weighted by Crippen LogP contribution is 2.11. The molecule has 0 unspecified atom stereocenters. The summed E-state index contributed by atoms with van der Waals surface area (Å²) in [6.07, 6.45) is 20.5. The maximum absolute atomic E-state index is 2.31. The molecule has 3 heteroatoms. The summed E-state index contributed by atoms with van der Waals surface area (Å²) in [7, 11) is 0. The van der Waals surface area contributed by atoms with Crippen LogP contribution in [0.5, 0.6) is 0 Å². The number of halogens is 1. The molecule has 0 radical (unpaired) electrons. The molecule has 1 aromatic carbocycles. The summed E-state index contributed by atoms with van der Waals surface area (Å²) in [6, 6.07) is 8.66. The van der Waals surface area contributed by atoms with Gasteiger partial charge in [0.25, 0.3) is 0 Å². The second-order valence-electron chi connectivity index (χ2n) is 7.08. The van der Waals surface area contributed by atoms with Crippen LogP contribution in [0.3, 0.4) is 0 Å². The summed E-state index contributed by atoms with van der Waals surface area (Å²) in [6.45, 7) is 5.56. The molecule has 140 valence electrons. The van der Waals surface area contributed by atoms with Gasteiger partial charge >= 0.3 is 0 Å². The Hall–Kier alpha value is -1.09. The number of hydrogen-bond donors (Lipinski definition) is 0. The van der Waals surface area contributed by atoms with Gasteiger partial charge in [-0.1, -0.05) is 70.4 Å². The fourth-order valence-corrected chi connectivity index (χ4v) is 3.25. The molecule has 2 rings (SSSR count). The zero-order valence-corrected chi connectivity index (χ0v) is 17.7. The highest BCUT2D eigenvalue weighted by atomic mass is 79.9. The van der Waals surface area contributed by atoms with Crippen LogP contribution in [-0.4, -0.2) is 4.57 Å². The number of aryl methyl sites for hydroxylation is 2. The lowest BCUT2D eigenvalue weighted by atomic mass is 10.1. The van der Waals surface area contributed by atoms with Crippen molar-refractivity contribution in [2.24, 2.45) is 0 Å². The first-order valence-corrected chi connectivity index (χ1v) is 9.93. The van der Waals surface area contributed by atoms with Gasteiger partial charge in [-0.15, -0.1) is 0 Å². The van der Waals surface area contributed by atoms with Gasteiger partial charge < -0.3 is 17.0 Å². The van der Waals surface area contributed by atoms with Crippen LogP contribution in [0.4, 0.5) is 0 Å². The first-order valence-electron chi connectivity index (χ1n) is 9.93. The van der Waals surface area contributed by atoms with Crippen molar-refractivity contribution in [1.29, 1.82) is 0 Å². The minimum absolute atomic E-state index is 0. The van der Waals surface area contributed by atoms with Gasteiger partial charge in [0.2, 0.25) is 6.33 Å². The molecule has 0 bridgehead atoms. The van der Waals surface area contributed by atoms with E-state index >= 15 is 0 Å². The monoisotopic (exact) mass is 406 g/mol. The van der Waals surface area contributed by atoms with Crippen LogP contribution in [-0.2, 0) is 6.54 Å². The van der Waals surface area contributed by atoms with E-state index in [9.17, 15) is 0 Å². The van der Waals surface area contributed by atoms with Gasteiger partial charge in [0.15, 0.2) is 0 Å². The fraction of sp³-hybridized carbons (Fsp3) is 0.591. The van der Waals surface area contributed by atoms with Crippen LogP contribution in [0, 0.1) is 6.92 Å². The number of aromatic nitrogens is 2. The Kier molecular flexibility index (Phi) is 11.6. The smallest absolute Gasteiger partial charge is 0.248 e. The minimum Gasteiger partial charge on any atom is -1.00 e. The Morgan fingerprint density at radius 1 is 0.880 bits per heavy atom. The van der Waals surface area contributed by atoms with E-state index in [1.54, 1.807) is 0 Å². The van der Waals surface area contributed by atoms with E-state index < -0.39 is 0 Å². The van der Waals surface area contributed by atoms with E-state index in [-0.39, 0.29) is 17.0 Å². The molecule has 1 aromatic heterocycles. The second-order valence-corrected chi connectivity index (χ2v) is 7.08. The zero-order valence-electron chi connectivity index (χ0n) is 16.1. The minimum atomic E-state index is 0. The van der Waals surface area contributed by atoms with Crippen LogP contribution in [0.1, 0.15) is 76.7 Å². The quantitative estimate of drug-likeness (QED) is 0.378. The van der Waals surface area contributed by atoms with E-state index in [2.05, 4.69) is 66.0 Å². The van der Waals surface area contributed by atoms with Crippen molar-refractivity contribution in [3.8, 4) is 5.69 Å². The number of unbranched alkanes of at least 4 members (excludes halogenated alkanes) is 9. The van der Waals surface area contributed by atoms with Gasteiger partial charge in [0, 0.05) is 0 Å². The van der Waals surface area contributed by atoms with Crippen molar-refractivity contribution < 1.29 is 21.5 Å². The van der Waals surface area contributed by atoms with Gasteiger partial charge in [-0.3, -0.25) is 0 Å². The third-order valence-electron chi connectivity index (χ3n) is 4.76. The molecule has 0 amide bonds. The van der Waals surface area contributed by atoms with Crippen LogP contribution < -0.4 is 21.5 Å². The van der Waals surface area contributed by atoms with Gasteiger partial charge in [-0.2, -0.15) is 0 Å². The van der Waals surface area contributed by atoms with E-state index in [1.807, 2.05) is 0 Å². The van der Waals surface area contributed by atoms with Crippen LogP contribution in [0.15, 0.2) is 43.0 Å². The highest BCUT2D eigenvalue weighted by Gasteiger charge is 2.06. The lowest BCUT2D eigenvalue weighted by Crippen LogP contribution is -3.00. The van der Waals surface area contributed by atoms with E-state index in [0.717, 1.165) is 6.54 Å². The van der Waals surface area contributed by atoms with E-state index in [4.69, 9.17) is 0 Å². The predicted molar refractivity (Wildman–Crippen MR) is 103 cm³/mol. The zero-order chi connectivity index (χ0) is 17.0. The lowest BCUT2D eigenvalue weighted by molar-refractivity contribution is -0.696. The van der Waals surface area contributed by atoms with Gasteiger partial charge in [0.1, 0.15) is 18.1 Å². The number of nitrogens with zero attached hydrogens (tertiary/aromatic N) is 2. The molecular weight excluding hydrogens is 372 g/mol. The standard InChI is InChI=1S/C22H35N2.BrH/c1-3-4-5-6-7-8-9-10-11-12-16-23-17-18-24(20-23)22-15-13-14-21(2)19-22;/h13-15,17-20H,3-12,16H2,1-2H3;1H/q+1;/p-1. The topological polar surface area (TPSA) is 8.81 Å². The predicted octanol–water partition coefficient (Wildman–Crippen LogP) is 3.00. The van der Waals surface area contributed by atoms with Crippen molar-refractivity contribution in [3.05, 3.63) is 48.5 Å². The molecule has 0 spiro atoms. The maximum atomic E-state index is 2.31. The van der Waals surface area contributed by atoms with Crippen molar-refractivity contribution >= 4 is 0 Å². The number of hydrogen-bond acceptors (Lipinski definition) is 0. The normalized spacial score (nSPS) is 10.6. The summed E-state index contributed by atoms with van der Waals surface area (Å²) >= 11 is 0. The molecule has 0 aliphatic carbocycles. The van der Waals surface area contributed by atoms with Crippen molar-refractivity contribution in [2.45, 2.75) is 84.6 Å². The lowest BCUT2D eigenvalue weighted by Gasteiger charge is -2.01. The summed E-state index contributed by atoms with van der Waals surface area (Å²) in [5.41, 5.74) is 2.55. The molecule has 2 aromatic rings. The van der Waals surface area contributed by atoms with Gasteiger partial charge in [-0.05, 0) is 37.5 Å². The molecule has 2 nitrogen and oxygen atoms in total. The molecule has 0 aliphatic rings. The average Bonchev–Trinajstić information content (AvgIpc) is 3.05. The highest BCUT2D eigenvalue weighted by molar-refractivity contribution is 5.34. The Labute approximate surface area is 165 Å². The van der Waals surface area contributed by atoms with Crippen molar-refractivity contribution in [2.75, 3.05) is 0 Å². The number of benzene rings is 1. The molecular formula is C22H35BrN2. The Bertz CT molecular complexity index is 577. The molecule has 1 heterocycles.